The zero-order valence-corrected chi connectivity index (χ0v) is 9.10. The van der Waals surface area contributed by atoms with Crippen LogP contribution >= 0.6 is 11.6 Å². The first kappa shape index (κ1) is 9.81. The fourth-order valence-corrected chi connectivity index (χ4v) is 1.92. The lowest BCUT2D eigenvalue weighted by atomic mass is 9.90. The number of halogens is 1. The van der Waals surface area contributed by atoms with Crippen molar-refractivity contribution in [2.75, 3.05) is 13.7 Å². The largest absolute Gasteiger partial charge is 0.493 e. The summed E-state index contributed by atoms with van der Waals surface area (Å²) >= 11 is 5.95. The SMILES string of the molecule is COC1(C)CCOc2ccc(Cl)cc21. The molecule has 0 saturated heterocycles. The van der Waals surface area contributed by atoms with E-state index in [4.69, 9.17) is 21.1 Å². The molecule has 0 radical (unpaired) electrons. The first-order valence-corrected chi connectivity index (χ1v) is 5.01. The van der Waals surface area contributed by atoms with Gasteiger partial charge in [0.25, 0.3) is 0 Å². The van der Waals surface area contributed by atoms with Crippen molar-refractivity contribution in [3.63, 3.8) is 0 Å². The standard InChI is InChI=1S/C11H13ClO2/c1-11(13-2)5-6-14-10-4-3-8(12)7-9(10)11/h3-4,7H,5-6H2,1-2H3. The first-order valence-electron chi connectivity index (χ1n) is 4.64. The molecule has 0 amide bonds. The number of hydrogen-bond donors (Lipinski definition) is 0. The van der Waals surface area contributed by atoms with E-state index in [0.29, 0.717) is 6.61 Å². The summed E-state index contributed by atoms with van der Waals surface area (Å²) in [6.45, 7) is 2.75. The number of hydrogen-bond acceptors (Lipinski definition) is 2. The number of benzene rings is 1. The summed E-state index contributed by atoms with van der Waals surface area (Å²) in [5.41, 5.74) is 0.775. The molecule has 1 aromatic rings. The Morgan fingerprint density at radius 3 is 3.00 bits per heavy atom. The van der Waals surface area contributed by atoms with E-state index in [9.17, 15) is 0 Å². The molecule has 1 atom stereocenters. The molecular formula is C11H13ClO2. The van der Waals surface area contributed by atoms with Gasteiger partial charge in [0.15, 0.2) is 0 Å². The van der Waals surface area contributed by atoms with Gasteiger partial charge < -0.3 is 9.47 Å². The molecule has 0 saturated carbocycles. The molecule has 2 rings (SSSR count). The highest BCUT2D eigenvalue weighted by molar-refractivity contribution is 6.30. The molecule has 76 valence electrons. The maximum absolute atomic E-state index is 5.95. The summed E-state index contributed by atoms with van der Waals surface area (Å²) < 4.78 is 11.1. The highest BCUT2D eigenvalue weighted by Gasteiger charge is 2.33. The van der Waals surface area contributed by atoms with Gasteiger partial charge in [-0.25, -0.2) is 0 Å². The monoisotopic (exact) mass is 212 g/mol. The average molecular weight is 213 g/mol. The molecule has 3 heteroatoms. The normalized spacial score (nSPS) is 25.4. The molecule has 1 aliphatic heterocycles. The fraction of sp³-hybridized carbons (Fsp3) is 0.455. The Bertz CT molecular complexity index is 351. The van der Waals surface area contributed by atoms with Crippen LogP contribution in [-0.4, -0.2) is 13.7 Å². The summed E-state index contributed by atoms with van der Waals surface area (Å²) in [6.07, 6.45) is 0.858. The van der Waals surface area contributed by atoms with Crippen molar-refractivity contribution in [3.05, 3.63) is 28.8 Å². The van der Waals surface area contributed by atoms with E-state index in [1.165, 1.54) is 0 Å². The Kier molecular flexibility index (Phi) is 2.41. The van der Waals surface area contributed by atoms with Crippen molar-refractivity contribution >= 4 is 11.6 Å². The maximum atomic E-state index is 5.95. The Morgan fingerprint density at radius 2 is 2.29 bits per heavy atom. The first-order chi connectivity index (χ1) is 6.65. The van der Waals surface area contributed by atoms with Crippen LogP contribution in [0.3, 0.4) is 0 Å². The smallest absolute Gasteiger partial charge is 0.125 e. The second-order valence-corrected chi connectivity index (χ2v) is 4.11. The van der Waals surface area contributed by atoms with Gasteiger partial charge in [-0.15, -0.1) is 0 Å². The molecule has 2 nitrogen and oxygen atoms in total. The minimum Gasteiger partial charge on any atom is -0.493 e. The summed E-state index contributed by atoms with van der Waals surface area (Å²) in [5, 5.41) is 0.720. The molecule has 1 aromatic carbocycles. The molecule has 0 bridgehead atoms. The maximum Gasteiger partial charge on any atom is 0.125 e. The molecular weight excluding hydrogens is 200 g/mol. The van der Waals surface area contributed by atoms with E-state index in [0.717, 1.165) is 22.8 Å². The second kappa shape index (κ2) is 3.44. The molecule has 1 unspecified atom stereocenters. The van der Waals surface area contributed by atoms with Crippen LogP contribution < -0.4 is 4.74 Å². The summed E-state index contributed by atoms with van der Waals surface area (Å²) in [7, 11) is 1.72. The van der Waals surface area contributed by atoms with Crippen molar-refractivity contribution < 1.29 is 9.47 Å². The third kappa shape index (κ3) is 1.49. The Hall–Kier alpha value is -0.730. The van der Waals surface area contributed by atoms with Crippen molar-refractivity contribution in [3.8, 4) is 5.75 Å². The topological polar surface area (TPSA) is 18.5 Å². The summed E-state index contributed by atoms with van der Waals surface area (Å²) in [4.78, 5) is 0. The summed E-state index contributed by atoms with van der Waals surface area (Å²) in [6, 6.07) is 5.65. The van der Waals surface area contributed by atoms with Crippen molar-refractivity contribution in [1.29, 1.82) is 0 Å². The van der Waals surface area contributed by atoms with Gasteiger partial charge in [-0.3, -0.25) is 0 Å². The van der Waals surface area contributed by atoms with Gasteiger partial charge in [-0.1, -0.05) is 11.6 Å². The van der Waals surface area contributed by atoms with Crippen LogP contribution in [0.4, 0.5) is 0 Å². The third-order valence-electron chi connectivity index (χ3n) is 2.80. The van der Waals surface area contributed by atoms with E-state index >= 15 is 0 Å². The van der Waals surface area contributed by atoms with Gasteiger partial charge in [0.05, 0.1) is 12.2 Å². The van der Waals surface area contributed by atoms with Gasteiger partial charge in [0, 0.05) is 24.1 Å². The molecule has 0 aliphatic carbocycles. The van der Waals surface area contributed by atoms with E-state index in [1.54, 1.807) is 7.11 Å². The van der Waals surface area contributed by atoms with Crippen LogP contribution in [0, 0.1) is 0 Å². The molecule has 1 aliphatic rings. The molecule has 0 fully saturated rings. The van der Waals surface area contributed by atoms with Crippen LogP contribution in [0.25, 0.3) is 0 Å². The van der Waals surface area contributed by atoms with Gasteiger partial charge in [-0.2, -0.15) is 0 Å². The minimum atomic E-state index is -0.265. The lowest BCUT2D eigenvalue weighted by molar-refractivity contribution is -0.0290. The molecule has 0 aromatic heterocycles. The predicted molar refractivity (Wildman–Crippen MR) is 55.9 cm³/mol. The lowest BCUT2D eigenvalue weighted by Crippen LogP contribution is -2.31. The number of fused-ring (bicyclic) bond motifs is 1. The zero-order valence-electron chi connectivity index (χ0n) is 8.34. The minimum absolute atomic E-state index is 0.265. The quantitative estimate of drug-likeness (QED) is 0.713. The van der Waals surface area contributed by atoms with Gasteiger partial charge >= 0.3 is 0 Å². The Balaban J connectivity index is 2.52. The predicted octanol–water partition coefficient (Wildman–Crippen LogP) is 2.98. The third-order valence-corrected chi connectivity index (χ3v) is 3.03. The number of rotatable bonds is 1. The van der Waals surface area contributed by atoms with Crippen LogP contribution in [0.5, 0.6) is 5.75 Å². The molecule has 1 heterocycles. The van der Waals surface area contributed by atoms with Crippen LogP contribution in [0.2, 0.25) is 5.02 Å². The van der Waals surface area contributed by atoms with Crippen molar-refractivity contribution in [2.45, 2.75) is 18.9 Å². The van der Waals surface area contributed by atoms with Crippen LogP contribution in [0.1, 0.15) is 18.9 Å². The van der Waals surface area contributed by atoms with Crippen LogP contribution in [-0.2, 0) is 10.3 Å². The van der Waals surface area contributed by atoms with E-state index in [2.05, 4.69) is 6.92 Å². The molecule has 0 N–H and O–H groups in total. The average Bonchev–Trinajstić information content (AvgIpc) is 2.20. The Labute approximate surface area is 88.8 Å². The van der Waals surface area contributed by atoms with E-state index in [-0.39, 0.29) is 5.60 Å². The highest BCUT2D eigenvalue weighted by Crippen LogP contribution is 2.40. The van der Waals surface area contributed by atoms with Gasteiger partial charge in [0.1, 0.15) is 5.75 Å². The number of ether oxygens (including phenoxy) is 2. The zero-order chi connectivity index (χ0) is 10.2. The number of methoxy groups -OCH3 is 1. The van der Waals surface area contributed by atoms with Crippen LogP contribution in [0.15, 0.2) is 18.2 Å². The van der Waals surface area contributed by atoms with Crippen molar-refractivity contribution in [1.82, 2.24) is 0 Å². The van der Waals surface area contributed by atoms with E-state index in [1.807, 2.05) is 18.2 Å². The van der Waals surface area contributed by atoms with E-state index < -0.39 is 0 Å². The van der Waals surface area contributed by atoms with Gasteiger partial charge in [-0.05, 0) is 25.1 Å². The fourth-order valence-electron chi connectivity index (χ4n) is 1.74. The second-order valence-electron chi connectivity index (χ2n) is 3.67. The highest BCUT2D eigenvalue weighted by atomic mass is 35.5. The molecule has 0 spiro atoms. The molecule has 14 heavy (non-hydrogen) atoms. The van der Waals surface area contributed by atoms with Crippen molar-refractivity contribution in [2.24, 2.45) is 0 Å². The summed E-state index contributed by atoms with van der Waals surface area (Å²) in [5.74, 6) is 0.880. The lowest BCUT2D eigenvalue weighted by Gasteiger charge is -2.34. The Morgan fingerprint density at radius 1 is 1.50 bits per heavy atom. The van der Waals surface area contributed by atoms with Gasteiger partial charge in [0.2, 0.25) is 0 Å².